The molecule has 6 nitrogen and oxygen atoms in total. The van der Waals surface area contributed by atoms with Crippen molar-refractivity contribution in [1.82, 2.24) is 0 Å². The minimum absolute atomic E-state index is 0.104. The Bertz CT molecular complexity index is 975. The summed E-state index contributed by atoms with van der Waals surface area (Å²) in [5.74, 6) is -1.00. The molecule has 0 N–H and O–H groups in total. The Kier molecular flexibility index (Phi) is 38.6. The van der Waals surface area contributed by atoms with Crippen molar-refractivity contribution in [2.24, 2.45) is 0 Å². The normalized spacial score (nSPS) is 12.6. The predicted molar refractivity (Wildman–Crippen MR) is 219 cm³/mol. The summed E-state index contributed by atoms with van der Waals surface area (Å²) in [5.41, 5.74) is 0. The summed E-state index contributed by atoms with van der Waals surface area (Å²) in [6.07, 6.45) is 48.0. The van der Waals surface area contributed by atoms with E-state index in [1.807, 2.05) is 0 Å². The molecule has 0 heterocycles. The molecule has 52 heavy (non-hydrogen) atoms. The lowest BCUT2D eigenvalue weighted by Gasteiger charge is -2.18. The van der Waals surface area contributed by atoms with Gasteiger partial charge < -0.3 is 14.2 Å². The van der Waals surface area contributed by atoms with Crippen LogP contribution in [0.25, 0.3) is 0 Å². The fraction of sp³-hybridized carbons (Fsp3) is 0.717. The van der Waals surface area contributed by atoms with Crippen molar-refractivity contribution < 1.29 is 28.6 Å². The van der Waals surface area contributed by atoms with Crippen LogP contribution >= 0.6 is 0 Å². The molecule has 0 amide bonds. The first kappa shape index (κ1) is 49.1. The minimum Gasteiger partial charge on any atom is -0.462 e. The molecule has 0 aromatic carbocycles. The summed E-state index contributed by atoms with van der Waals surface area (Å²) in [5, 5.41) is 0. The molecule has 0 aromatic rings. The first-order chi connectivity index (χ1) is 25.5. The third-order valence-electron chi connectivity index (χ3n) is 8.77. The highest BCUT2D eigenvalue weighted by atomic mass is 16.6. The molecule has 1 unspecified atom stereocenters. The average Bonchev–Trinajstić information content (AvgIpc) is 3.14. The van der Waals surface area contributed by atoms with Crippen LogP contribution in [0.2, 0.25) is 0 Å². The van der Waals surface area contributed by atoms with Crippen molar-refractivity contribution in [2.75, 3.05) is 13.2 Å². The number of carbonyl (C=O) groups is 3. The van der Waals surface area contributed by atoms with Gasteiger partial charge in [-0.1, -0.05) is 165 Å². The van der Waals surface area contributed by atoms with Gasteiger partial charge >= 0.3 is 17.9 Å². The Morgan fingerprint density at radius 2 is 0.769 bits per heavy atom. The second-order valence-electron chi connectivity index (χ2n) is 13.8. The molecule has 0 bridgehead atoms. The van der Waals surface area contributed by atoms with Gasteiger partial charge in [0.05, 0.1) is 0 Å². The second kappa shape index (κ2) is 40.9. The van der Waals surface area contributed by atoms with Crippen LogP contribution in [0.15, 0.2) is 60.8 Å². The topological polar surface area (TPSA) is 78.9 Å². The standard InChI is InChI=1S/C46H78O6/c1-4-7-10-13-16-19-21-22-23-25-27-30-33-36-39-45(48)51-42-43(41-50-44(47)38-35-32-29-26-18-15-12-9-6-3)52-46(49)40-37-34-31-28-24-20-17-14-11-8-5-2/h8-9,11-12,17-18,20,26,28,31,43H,4-7,10,13-16,19,21-25,27,29-30,32-42H2,1-3H3/b11-8-,12-9-,20-17-,26-18-,31-28-. The summed E-state index contributed by atoms with van der Waals surface area (Å²) in [6.45, 7) is 6.29. The molecular formula is C46H78O6. The Morgan fingerprint density at radius 3 is 1.23 bits per heavy atom. The fourth-order valence-electron chi connectivity index (χ4n) is 5.62. The van der Waals surface area contributed by atoms with E-state index < -0.39 is 6.10 Å². The van der Waals surface area contributed by atoms with Crippen molar-refractivity contribution in [3.8, 4) is 0 Å². The average molecular weight is 727 g/mol. The van der Waals surface area contributed by atoms with Crippen molar-refractivity contribution >= 4 is 17.9 Å². The van der Waals surface area contributed by atoms with Crippen LogP contribution in [0.3, 0.4) is 0 Å². The van der Waals surface area contributed by atoms with E-state index in [2.05, 4.69) is 81.5 Å². The van der Waals surface area contributed by atoms with Crippen LogP contribution in [0.1, 0.15) is 194 Å². The van der Waals surface area contributed by atoms with Crippen molar-refractivity contribution in [3.05, 3.63) is 60.8 Å². The monoisotopic (exact) mass is 727 g/mol. The lowest BCUT2D eigenvalue weighted by atomic mass is 10.0. The van der Waals surface area contributed by atoms with E-state index in [0.29, 0.717) is 19.3 Å². The van der Waals surface area contributed by atoms with E-state index in [1.165, 1.54) is 70.6 Å². The molecule has 0 rings (SSSR count). The van der Waals surface area contributed by atoms with Gasteiger partial charge in [-0.05, 0) is 70.6 Å². The number of unbranched alkanes of at least 4 members (excludes halogenated alkanes) is 16. The first-order valence-corrected chi connectivity index (χ1v) is 21.3. The third kappa shape index (κ3) is 38.3. The van der Waals surface area contributed by atoms with Crippen molar-refractivity contribution in [3.63, 3.8) is 0 Å². The van der Waals surface area contributed by atoms with Crippen LogP contribution in [-0.4, -0.2) is 37.2 Å². The summed E-state index contributed by atoms with van der Waals surface area (Å²) < 4.78 is 16.6. The van der Waals surface area contributed by atoms with E-state index in [-0.39, 0.29) is 37.5 Å². The Hall–Kier alpha value is -2.89. The Labute approximate surface area is 320 Å². The lowest BCUT2D eigenvalue weighted by molar-refractivity contribution is -0.167. The van der Waals surface area contributed by atoms with Gasteiger partial charge in [0.1, 0.15) is 13.2 Å². The zero-order valence-electron chi connectivity index (χ0n) is 33.8. The van der Waals surface area contributed by atoms with Crippen LogP contribution in [-0.2, 0) is 28.6 Å². The van der Waals surface area contributed by atoms with Crippen LogP contribution in [0, 0.1) is 0 Å². The molecule has 298 valence electrons. The molecule has 0 fully saturated rings. The maximum Gasteiger partial charge on any atom is 0.306 e. The molecule has 0 radical (unpaired) electrons. The Balaban J connectivity index is 4.43. The summed E-state index contributed by atoms with van der Waals surface area (Å²) in [7, 11) is 0. The summed E-state index contributed by atoms with van der Waals surface area (Å²) in [6, 6.07) is 0. The van der Waals surface area contributed by atoms with Crippen molar-refractivity contribution in [1.29, 1.82) is 0 Å². The predicted octanol–water partition coefficient (Wildman–Crippen LogP) is 13.4. The van der Waals surface area contributed by atoms with Crippen LogP contribution < -0.4 is 0 Å². The molecule has 0 aromatic heterocycles. The van der Waals surface area contributed by atoms with Gasteiger partial charge in [-0.15, -0.1) is 0 Å². The van der Waals surface area contributed by atoms with E-state index in [0.717, 1.165) is 77.0 Å². The Morgan fingerprint density at radius 1 is 0.404 bits per heavy atom. The number of esters is 3. The van der Waals surface area contributed by atoms with E-state index in [4.69, 9.17) is 14.2 Å². The first-order valence-electron chi connectivity index (χ1n) is 21.3. The van der Waals surface area contributed by atoms with Gasteiger partial charge in [0.2, 0.25) is 0 Å². The third-order valence-corrected chi connectivity index (χ3v) is 8.77. The number of rotatable bonds is 37. The number of allylic oxidation sites excluding steroid dienone is 10. The maximum atomic E-state index is 12.6. The highest BCUT2D eigenvalue weighted by Gasteiger charge is 2.19. The molecular weight excluding hydrogens is 648 g/mol. The minimum atomic E-state index is -0.807. The van der Waals surface area contributed by atoms with Crippen molar-refractivity contribution in [2.45, 2.75) is 200 Å². The molecule has 6 heteroatoms. The molecule has 1 atom stereocenters. The van der Waals surface area contributed by atoms with Gasteiger partial charge in [-0.25, -0.2) is 0 Å². The quantitative estimate of drug-likeness (QED) is 0.0274. The van der Waals surface area contributed by atoms with Gasteiger partial charge in [0, 0.05) is 19.3 Å². The summed E-state index contributed by atoms with van der Waals surface area (Å²) >= 11 is 0. The largest absolute Gasteiger partial charge is 0.462 e. The number of hydrogen-bond acceptors (Lipinski definition) is 6. The smallest absolute Gasteiger partial charge is 0.306 e. The van der Waals surface area contributed by atoms with Crippen LogP contribution in [0.5, 0.6) is 0 Å². The number of carbonyl (C=O) groups excluding carboxylic acids is 3. The highest BCUT2D eigenvalue weighted by molar-refractivity contribution is 5.71. The fourth-order valence-corrected chi connectivity index (χ4v) is 5.62. The summed E-state index contributed by atoms with van der Waals surface area (Å²) in [4.78, 5) is 37.5. The molecule has 0 spiro atoms. The van der Waals surface area contributed by atoms with E-state index in [9.17, 15) is 14.4 Å². The van der Waals surface area contributed by atoms with E-state index in [1.54, 1.807) is 0 Å². The second-order valence-corrected chi connectivity index (χ2v) is 13.8. The molecule has 0 saturated heterocycles. The van der Waals surface area contributed by atoms with Crippen LogP contribution in [0.4, 0.5) is 0 Å². The lowest BCUT2D eigenvalue weighted by Crippen LogP contribution is -2.30. The molecule has 0 aliphatic heterocycles. The zero-order valence-corrected chi connectivity index (χ0v) is 33.8. The maximum absolute atomic E-state index is 12.6. The van der Waals surface area contributed by atoms with Gasteiger partial charge in [0.25, 0.3) is 0 Å². The van der Waals surface area contributed by atoms with E-state index >= 15 is 0 Å². The molecule has 0 aliphatic rings. The zero-order chi connectivity index (χ0) is 38.0. The van der Waals surface area contributed by atoms with Gasteiger partial charge in [-0.2, -0.15) is 0 Å². The SMILES string of the molecule is CC/C=C\C/C=C\C/C=C\CCCC(=O)OC(COC(=O)CCCC/C=C\C/C=C\CC)COC(=O)CCCCCCCCCCCCCCCC. The highest BCUT2D eigenvalue weighted by Crippen LogP contribution is 2.14. The number of ether oxygens (including phenoxy) is 3. The number of hydrogen-bond donors (Lipinski definition) is 0. The molecule has 0 saturated carbocycles. The van der Waals surface area contributed by atoms with Gasteiger partial charge in [-0.3, -0.25) is 14.4 Å². The molecule has 0 aliphatic carbocycles. The van der Waals surface area contributed by atoms with Gasteiger partial charge in [0.15, 0.2) is 6.10 Å².